The number of rotatable bonds is 7. The fourth-order valence-corrected chi connectivity index (χ4v) is 2.41. The van der Waals surface area contributed by atoms with Crippen LogP contribution in [-0.2, 0) is 6.61 Å². The Morgan fingerprint density at radius 1 is 1.15 bits per heavy atom. The minimum Gasteiger partial charge on any atom is -0.494 e. The first-order valence-corrected chi connectivity index (χ1v) is 8.34. The molecule has 0 bridgehead atoms. The van der Waals surface area contributed by atoms with Crippen LogP contribution in [-0.4, -0.2) is 11.6 Å². The molecule has 6 nitrogen and oxygen atoms in total. The third-order valence-electron chi connectivity index (χ3n) is 3.39. The van der Waals surface area contributed by atoms with Crippen LogP contribution >= 0.6 is 11.6 Å². The molecule has 26 heavy (non-hydrogen) atoms. The second-order valence-corrected chi connectivity index (χ2v) is 5.61. The van der Waals surface area contributed by atoms with Crippen molar-refractivity contribution >= 4 is 23.2 Å². The van der Waals surface area contributed by atoms with Gasteiger partial charge in [0.15, 0.2) is 6.61 Å². The summed E-state index contributed by atoms with van der Waals surface area (Å²) in [6, 6.07) is 16.4. The maximum absolute atomic E-state index is 9.26. The summed E-state index contributed by atoms with van der Waals surface area (Å²) in [6.45, 7) is 2.58. The van der Waals surface area contributed by atoms with Gasteiger partial charge in [-0.25, -0.2) is 0 Å². The number of ether oxygens (including phenoxy) is 2. The van der Waals surface area contributed by atoms with Gasteiger partial charge in [-0.05, 0) is 43.3 Å². The van der Waals surface area contributed by atoms with Gasteiger partial charge in [-0.15, -0.1) is 0 Å². The van der Waals surface area contributed by atoms with Crippen LogP contribution in [0.5, 0.6) is 11.5 Å². The largest absolute Gasteiger partial charge is 0.494 e. The van der Waals surface area contributed by atoms with E-state index in [1.54, 1.807) is 12.1 Å². The number of nitrogens with one attached hydrogen (secondary N) is 1. The number of hydrogen-bond acceptors (Lipinski definition) is 6. The molecule has 0 saturated heterocycles. The van der Waals surface area contributed by atoms with Crippen molar-refractivity contribution in [2.75, 3.05) is 11.9 Å². The molecule has 0 aliphatic carbocycles. The van der Waals surface area contributed by atoms with Crippen LogP contribution in [0.3, 0.4) is 0 Å². The number of anilines is 2. The van der Waals surface area contributed by atoms with Crippen LogP contribution in [0.2, 0.25) is 5.02 Å². The van der Waals surface area contributed by atoms with Gasteiger partial charge in [-0.1, -0.05) is 23.7 Å². The Kier molecular flexibility index (Phi) is 5.62. The molecule has 0 amide bonds. The number of halogens is 1. The van der Waals surface area contributed by atoms with E-state index in [0.29, 0.717) is 17.4 Å². The molecule has 0 radical (unpaired) electrons. The Bertz CT molecular complexity index is 917. The zero-order chi connectivity index (χ0) is 18.4. The van der Waals surface area contributed by atoms with E-state index < -0.39 is 0 Å². The highest BCUT2D eigenvalue weighted by atomic mass is 35.5. The maximum Gasteiger partial charge on any atom is 0.236 e. The van der Waals surface area contributed by atoms with Crippen molar-refractivity contribution in [3.63, 3.8) is 0 Å². The topological polar surface area (TPSA) is 80.3 Å². The van der Waals surface area contributed by atoms with Crippen molar-refractivity contribution in [3.8, 4) is 17.6 Å². The lowest BCUT2D eigenvalue weighted by Gasteiger charge is -2.06. The summed E-state index contributed by atoms with van der Waals surface area (Å²) in [5.41, 5.74) is 0.899. The highest BCUT2D eigenvalue weighted by molar-refractivity contribution is 6.32. The Morgan fingerprint density at radius 3 is 2.62 bits per heavy atom. The maximum atomic E-state index is 9.26. The van der Waals surface area contributed by atoms with Crippen molar-refractivity contribution in [3.05, 3.63) is 65.1 Å². The van der Waals surface area contributed by atoms with Gasteiger partial charge in [0.25, 0.3) is 0 Å². The monoisotopic (exact) mass is 369 g/mol. The van der Waals surface area contributed by atoms with E-state index in [9.17, 15) is 5.26 Å². The third-order valence-corrected chi connectivity index (χ3v) is 3.70. The Balaban J connectivity index is 1.70. The predicted octanol–water partition coefficient (Wildman–Crippen LogP) is 4.92. The number of hydrogen-bond donors (Lipinski definition) is 1. The van der Waals surface area contributed by atoms with E-state index in [2.05, 4.69) is 10.3 Å². The smallest absolute Gasteiger partial charge is 0.236 e. The number of nitrogens with zero attached hydrogens (tertiary/aromatic N) is 2. The molecule has 1 heterocycles. The molecule has 0 saturated carbocycles. The van der Waals surface area contributed by atoms with Gasteiger partial charge in [-0.2, -0.15) is 10.2 Å². The number of benzene rings is 2. The number of oxazole rings is 1. The molecular formula is C19H16ClN3O3. The lowest BCUT2D eigenvalue weighted by atomic mass is 10.3. The van der Waals surface area contributed by atoms with Crippen LogP contribution in [0, 0.1) is 11.3 Å². The number of para-hydroxylation sites is 1. The molecular weight excluding hydrogens is 354 g/mol. The average molecular weight is 370 g/mol. The summed E-state index contributed by atoms with van der Waals surface area (Å²) in [6.07, 6.45) is 0. The van der Waals surface area contributed by atoms with Crippen LogP contribution in [0.1, 0.15) is 18.5 Å². The summed E-state index contributed by atoms with van der Waals surface area (Å²) in [5, 5.41) is 12.8. The zero-order valence-electron chi connectivity index (χ0n) is 14.0. The van der Waals surface area contributed by atoms with Gasteiger partial charge < -0.3 is 19.2 Å². The van der Waals surface area contributed by atoms with Gasteiger partial charge in [0.1, 0.15) is 17.6 Å². The second-order valence-electron chi connectivity index (χ2n) is 5.20. The summed E-state index contributed by atoms with van der Waals surface area (Å²) in [5.74, 6) is 1.82. The molecule has 2 aromatic carbocycles. The van der Waals surface area contributed by atoms with Gasteiger partial charge in [0, 0.05) is 5.69 Å². The SMILES string of the molecule is CCOc1ccc(Nc2oc(COc3ccccc3Cl)nc2C#N)cc1. The van der Waals surface area contributed by atoms with Crippen molar-refractivity contribution in [2.45, 2.75) is 13.5 Å². The summed E-state index contributed by atoms with van der Waals surface area (Å²) in [4.78, 5) is 4.13. The second kappa shape index (κ2) is 8.28. The van der Waals surface area contributed by atoms with Crippen LogP contribution in [0.25, 0.3) is 0 Å². The quantitative estimate of drug-likeness (QED) is 0.636. The van der Waals surface area contributed by atoms with Crippen molar-refractivity contribution in [1.82, 2.24) is 4.98 Å². The van der Waals surface area contributed by atoms with E-state index in [-0.39, 0.29) is 24.1 Å². The minimum absolute atomic E-state index is 0.0589. The highest BCUT2D eigenvalue weighted by Gasteiger charge is 2.14. The first-order valence-electron chi connectivity index (χ1n) is 7.96. The van der Waals surface area contributed by atoms with Crippen LogP contribution < -0.4 is 14.8 Å². The van der Waals surface area contributed by atoms with Gasteiger partial charge in [0.2, 0.25) is 17.5 Å². The average Bonchev–Trinajstić information content (AvgIpc) is 3.05. The van der Waals surface area contributed by atoms with E-state index in [1.165, 1.54) is 0 Å². The fourth-order valence-electron chi connectivity index (χ4n) is 2.22. The van der Waals surface area contributed by atoms with E-state index in [0.717, 1.165) is 11.4 Å². The molecule has 0 fully saturated rings. The molecule has 0 atom stereocenters. The Hall–Kier alpha value is -3.17. The van der Waals surface area contributed by atoms with E-state index in [4.69, 9.17) is 25.5 Å². The molecule has 0 aliphatic heterocycles. The minimum atomic E-state index is 0.0589. The normalized spacial score (nSPS) is 10.2. The van der Waals surface area contributed by atoms with E-state index >= 15 is 0 Å². The standard InChI is InChI=1S/C19H16ClN3O3/c1-2-24-14-9-7-13(8-10-14)22-19-16(11-21)23-18(26-19)12-25-17-6-4-3-5-15(17)20/h3-10,22H,2,12H2,1H3. The van der Waals surface area contributed by atoms with Crippen LogP contribution in [0.4, 0.5) is 11.6 Å². The summed E-state index contributed by atoms with van der Waals surface area (Å²) in [7, 11) is 0. The predicted molar refractivity (Wildman–Crippen MR) is 97.9 cm³/mol. The molecule has 3 rings (SSSR count). The third kappa shape index (κ3) is 4.26. The molecule has 0 aliphatic rings. The van der Waals surface area contributed by atoms with Crippen LogP contribution in [0.15, 0.2) is 52.9 Å². The lowest BCUT2D eigenvalue weighted by Crippen LogP contribution is -1.96. The Morgan fingerprint density at radius 2 is 1.92 bits per heavy atom. The number of aromatic nitrogens is 1. The molecule has 132 valence electrons. The van der Waals surface area contributed by atoms with Gasteiger partial charge in [-0.3, -0.25) is 0 Å². The zero-order valence-corrected chi connectivity index (χ0v) is 14.8. The first kappa shape index (κ1) is 17.6. The summed E-state index contributed by atoms with van der Waals surface area (Å²) < 4.78 is 16.6. The molecule has 1 N–H and O–H groups in total. The fraction of sp³-hybridized carbons (Fsp3) is 0.158. The molecule has 7 heteroatoms. The number of nitriles is 1. The molecule has 1 aromatic heterocycles. The van der Waals surface area contributed by atoms with E-state index in [1.807, 2.05) is 49.4 Å². The molecule has 0 unspecified atom stereocenters. The highest BCUT2D eigenvalue weighted by Crippen LogP contribution is 2.26. The Labute approximate surface area is 155 Å². The lowest BCUT2D eigenvalue weighted by molar-refractivity contribution is 0.265. The van der Waals surface area contributed by atoms with Crippen molar-refractivity contribution in [2.24, 2.45) is 0 Å². The van der Waals surface area contributed by atoms with Gasteiger partial charge >= 0.3 is 0 Å². The molecule has 0 spiro atoms. The van der Waals surface area contributed by atoms with Crippen molar-refractivity contribution < 1.29 is 13.9 Å². The molecule has 3 aromatic rings. The van der Waals surface area contributed by atoms with Gasteiger partial charge in [0.05, 0.1) is 11.6 Å². The first-order chi connectivity index (χ1) is 12.7. The summed E-state index contributed by atoms with van der Waals surface area (Å²) >= 11 is 6.05. The van der Waals surface area contributed by atoms with Crippen molar-refractivity contribution in [1.29, 1.82) is 5.26 Å².